The number of carbonyl (C=O) groups is 1. The number of benzene rings is 1. The molecule has 0 radical (unpaired) electrons. The number of ether oxygens (including phenoxy) is 1. The van der Waals surface area contributed by atoms with Crippen LogP contribution >= 0.6 is 0 Å². The van der Waals surface area contributed by atoms with Crippen LogP contribution in [-0.2, 0) is 16.1 Å². The van der Waals surface area contributed by atoms with Crippen LogP contribution in [0.5, 0.6) is 0 Å². The molecule has 0 spiro atoms. The van der Waals surface area contributed by atoms with Crippen molar-refractivity contribution in [1.29, 1.82) is 5.26 Å². The lowest BCUT2D eigenvalue weighted by atomic mass is 10.1. The number of methoxy groups -OCH3 is 1. The van der Waals surface area contributed by atoms with Crippen molar-refractivity contribution in [2.75, 3.05) is 24.3 Å². The van der Waals surface area contributed by atoms with Crippen molar-refractivity contribution in [3.05, 3.63) is 66.0 Å². The van der Waals surface area contributed by atoms with E-state index in [9.17, 15) is 10.1 Å². The molecule has 0 aliphatic carbocycles. The van der Waals surface area contributed by atoms with Gasteiger partial charge in [0.1, 0.15) is 17.6 Å². The number of anilines is 2. The minimum absolute atomic E-state index is 0.0968. The van der Waals surface area contributed by atoms with Crippen LogP contribution in [0.3, 0.4) is 0 Å². The third kappa shape index (κ3) is 4.69. The maximum absolute atomic E-state index is 12.1. The maximum Gasteiger partial charge on any atom is 0.328 e. The molecule has 4 aromatic rings. The summed E-state index contributed by atoms with van der Waals surface area (Å²) in [5.41, 5.74) is 9.66. The number of pyridine rings is 1. The van der Waals surface area contributed by atoms with Gasteiger partial charge in [-0.3, -0.25) is 0 Å². The summed E-state index contributed by atoms with van der Waals surface area (Å²) in [6.45, 7) is 1.13. The average Bonchev–Trinajstić information content (AvgIpc) is 3.58. The first-order valence-electron chi connectivity index (χ1n) is 11.4. The van der Waals surface area contributed by atoms with Crippen molar-refractivity contribution in [2.45, 2.75) is 25.4 Å². The van der Waals surface area contributed by atoms with Gasteiger partial charge >= 0.3 is 5.97 Å². The summed E-state index contributed by atoms with van der Waals surface area (Å²) in [7, 11) is 1.41. The number of hydrogen-bond acceptors (Lipinski definition) is 10. The summed E-state index contributed by atoms with van der Waals surface area (Å²) < 4.78 is 6.61. The van der Waals surface area contributed by atoms with Crippen LogP contribution in [0.1, 0.15) is 24.1 Å². The van der Waals surface area contributed by atoms with E-state index in [1.807, 2.05) is 29.2 Å². The van der Waals surface area contributed by atoms with E-state index in [1.54, 1.807) is 35.1 Å². The minimum Gasteiger partial charge on any atom is -0.467 e. The first-order chi connectivity index (χ1) is 17.5. The summed E-state index contributed by atoms with van der Waals surface area (Å²) in [5.74, 6) is 0.580. The zero-order valence-electron chi connectivity index (χ0n) is 19.6. The third-order valence-electron chi connectivity index (χ3n) is 5.97. The smallest absolute Gasteiger partial charge is 0.328 e. The number of nitrogens with two attached hydrogens (primary N) is 1. The molecule has 1 aliphatic heterocycles. The molecule has 1 saturated heterocycles. The molecule has 0 amide bonds. The number of rotatable bonds is 6. The Kier molecular flexibility index (Phi) is 6.23. The fraction of sp³-hybridized carbons (Fsp3) is 0.240. The molecular weight excluding hydrogens is 458 g/mol. The van der Waals surface area contributed by atoms with Gasteiger partial charge in [0.05, 0.1) is 48.6 Å². The van der Waals surface area contributed by atoms with E-state index >= 15 is 0 Å². The standard InChI is InChI=1S/C25H23N9O2/c1-36-24(35)22-8-4-10-34(22)23-9-3-7-18(28-23)14-33-15-21(31-32-33)20-12-19(29-25(27)30-20)17-6-2-5-16(11-17)13-26/h2-3,5-7,9,11-12,15,22H,4,8,10,14H2,1H3,(H2,27,29,30). The lowest BCUT2D eigenvalue weighted by Crippen LogP contribution is -2.37. The number of hydrogen-bond donors (Lipinski definition) is 1. The summed E-state index contributed by atoms with van der Waals surface area (Å²) >= 11 is 0. The maximum atomic E-state index is 12.1. The van der Waals surface area contributed by atoms with E-state index < -0.39 is 0 Å². The minimum atomic E-state index is -0.318. The van der Waals surface area contributed by atoms with Gasteiger partial charge in [-0.15, -0.1) is 5.10 Å². The Balaban J connectivity index is 1.37. The highest BCUT2D eigenvalue weighted by Crippen LogP contribution is 2.26. The number of nitriles is 1. The Hall–Kier alpha value is -4.85. The molecular formula is C25H23N9O2. The molecule has 36 heavy (non-hydrogen) atoms. The second-order valence-corrected chi connectivity index (χ2v) is 8.35. The molecule has 11 nitrogen and oxygen atoms in total. The molecule has 1 aromatic carbocycles. The van der Waals surface area contributed by atoms with Gasteiger partial charge in [0, 0.05) is 12.1 Å². The zero-order chi connectivity index (χ0) is 25.1. The Bertz CT molecular complexity index is 1460. The summed E-state index contributed by atoms with van der Waals surface area (Å²) in [5, 5.41) is 17.7. The van der Waals surface area contributed by atoms with Crippen LogP contribution < -0.4 is 10.6 Å². The van der Waals surface area contributed by atoms with Gasteiger partial charge in [0.15, 0.2) is 0 Å². The third-order valence-corrected chi connectivity index (χ3v) is 5.97. The van der Waals surface area contributed by atoms with E-state index in [2.05, 4.69) is 26.3 Å². The van der Waals surface area contributed by atoms with Gasteiger partial charge in [-0.2, -0.15) is 5.26 Å². The van der Waals surface area contributed by atoms with Gasteiger partial charge in [-0.05, 0) is 43.2 Å². The van der Waals surface area contributed by atoms with Crippen molar-refractivity contribution in [3.8, 4) is 28.7 Å². The molecule has 5 rings (SSSR count). The highest BCUT2D eigenvalue weighted by Gasteiger charge is 2.32. The lowest BCUT2D eigenvalue weighted by Gasteiger charge is -2.24. The zero-order valence-corrected chi connectivity index (χ0v) is 19.6. The monoisotopic (exact) mass is 481 g/mol. The number of aromatic nitrogens is 6. The number of carbonyl (C=O) groups excluding carboxylic acids is 1. The Labute approximate surface area is 207 Å². The summed E-state index contributed by atoms with van der Waals surface area (Å²) in [6, 6.07) is 16.4. The average molecular weight is 482 g/mol. The van der Waals surface area contributed by atoms with E-state index in [1.165, 1.54) is 7.11 Å². The van der Waals surface area contributed by atoms with E-state index in [0.717, 1.165) is 36.5 Å². The second-order valence-electron chi connectivity index (χ2n) is 8.35. The molecule has 3 aromatic heterocycles. The summed E-state index contributed by atoms with van der Waals surface area (Å²) in [6.07, 6.45) is 3.41. The van der Waals surface area contributed by atoms with Gasteiger partial charge in [-0.25, -0.2) is 24.4 Å². The first kappa shape index (κ1) is 22.9. The quantitative estimate of drug-likeness (QED) is 0.407. The molecule has 0 saturated carbocycles. The van der Waals surface area contributed by atoms with E-state index in [-0.39, 0.29) is 18.0 Å². The molecule has 4 heterocycles. The molecule has 0 bridgehead atoms. The van der Waals surface area contributed by atoms with Crippen LogP contribution in [-0.4, -0.2) is 55.6 Å². The number of nitrogens with zero attached hydrogens (tertiary/aromatic N) is 8. The molecule has 180 valence electrons. The Morgan fingerprint density at radius 3 is 2.81 bits per heavy atom. The van der Waals surface area contributed by atoms with Gasteiger partial charge in [-0.1, -0.05) is 23.4 Å². The van der Waals surface area contributed by atoms with Crippen LogP contribution in [0, 0.1) is 11.3 Å². The van der Waals surface area contributed by atoms with Crippen LogP contribution in [0.15, 0.2) is 54.7 Å². The molecule has 2 N–H and O–H groups in total. The molecule has 1 unspecified atom stereocenters. The lowest BCUT2D eigenvalue weighted by molar-refractivity contribution is -0.141. The van der Waals surface area contributed by atoms with Crippen molar-refractivity contribution < 1.29 is 9.53 Å². The van der Waals surface area contributed by atoms with Crippen LogP contribution in [0.2, 0.25) is 0 Å². The van der Waals surface area contributed by atoms with E-state index in [0.29, 0.717) is 29.2 Å². The van der Waals surface area contributed by atoms with Crippen LogP contribution in [0.25, 0.3) is 22.6 Å². The molecule has 1 atom stereocenters. The van der Waals surface area contributed by atoms with Crippen molar-refractivity contribution >= 4 is 17.7 Å². The highest BCUT2D eigenvalue weighted by molar-refractivity contribution is 5.80. The highest BCUT2D eigenvalue weighted by atomic mass is 16.5. The van der Waals surface area contributed by atoms with Crippen molar-refractivity contribution in [1.82, 2.24) is 29.9 Å². The summed E-state index contributed by atoms with van der Waals surface area (Å²) in [4.78, 5) is 27.5. The molecule has 11 heteroatoms. The second kappa shape index (κ2) is 9.79. The van der Waals surface area contributed by atoms with E-state index in [4.69, 9.17) is 15.5 Å². The van der Waals surface area contributed by atoms with Crippen LogP contribution in [0.4, 0.5) is 11.8 Å². The number of nitrogen functional groups attached to an aromatic ring is 1. The molecule has 1 aliphatic rings. The fourth-order valence-electron chi connectivity index (χ4n) is 4.29. The van der Waals surface area contributed by atoms with Gasteiger partial charge in [0.2, 0.25) is 5.95 Å². The predicted octanol–water partition coefficient (Wildman–Crippen LogP) is 2.44. The largest absolute Gasteiger partial charge is 0.467 e. The first-order valence-corrected chi connectivity index (χ1v) is 11.4. The SMILES string of the molecule is COC(=O)C1CCCN1c1cccc(Cn2cc(-c3cc(-c4cccc(C#N)c4)nc(N)n3)nn2)n1. The van der Waals surface area contributed by atoms with Crippen molar-refractivity contribution in [2.24, 2.45) is 0 Å². The Morgan fingerprint density at radius 1 is 1.14 bits per heavy atom. The molecule has 1 fully saturated rings. The predicted molar refractivity (Wildman–Crippen MR) is 131 cm³/mol. The topological polar surface area (TPSA) is 149 Å². The number of esters is 1. The van der Waals surface area contributed by atoms with Gasteiger partial charge in [0.25, 0.3) is 0 Å². The normalized spacial score (nSPS) is 15.0. The fourth-order valence-corrected chi connectivity index (χ4v) is 4.29. The van der Waals surface area contributed by atoms with Crippen molar-refractivity contribution in [3.63, 3.8) is 0 Å². The Morgan fingerprint density at radius 2 is 1.97 bits per heavy atom. The van der Waals surface area contributed by atoms with Gasteiger partial charge < -0.3 is 15.4 Å².